The number of aryl methyl sites for hydroxylation is 2. The van der Waals surface area contributed by atoms with Gasteiger partial charge in [0.05, 0.1) is 11.9 Å². The van der Waals surface area contributed by atoms with Crippen molar-refractivity contribution in [2.45, 2.75) is 52.6 Å². The van der Waals surface area contributed by atoms with Gasteiger partial charge in [0.15, 0.2) is 0 Å². The minimum atomic E-state index is -3.55. The fraction of sp³-hybridized carbons (Fsp3) is 0.440. The molecule has 0 aliphatic carbocycles. The van der Waals surface area contributed by atoms with E-state index in [9.17, 15) is 22.4 Å². The number of carbonyl (C=O) groups excluding carboxylic acids is 2. The van der Waals surface area contributed by atoms with E-state index in [1.807, 2.05) is 32.9 Å². The number of benzene rings is 2. The summed E-state index contributed by atoms with van der Waals surface area (Å²) in [6, 6.07) is 10.5. The summed E-state index contributed by atoms with van der Waals surface area (Å²) >= 11 is 0. The Balaban J connectivity index is 2.19. The molecule has 0 bridgehead atoms. The number of halogens is 1. The average molecular weight is 492 g/mol. The van der Waals surface area contributed by atoms with Crippen LogP contribution in [-0.4, -0.2) is 51.0 Å². The molecule has 0 radical (unpaired) electrons. The first kappa shape index (κ1) is 27.3. The first-order valence-corrected chi connectivity index (χ1v) is 13.1. The van der Waals surface area contributed by atoms with Gasteiger partial charge in [-0.25, -0.2) is 12.8 Å². The maximum atomic E-state index is 13.3. The van der Waals surface area contributed by atoms with Gasteiger partial charge in [-0.3, -0.25) is 13.9 Å². The van der Waals surface area contributed by atoms with Crippen LogP contribution in [0, 0.1) is 19.7 Å². The SMILES string of the molecule is CC[C@@H](C(=O)NC)N(Cc1ccc(F)cc1)C(=O)CCCN(c1ccc(C)c(C)c1)S(C)(=O)=O. The number of nitrogens with one attached hydrogen (secondary N) is 1. The molecule has 0 aromatic heterocycles. The summed E-state index contributed by atoms with van der Waals surface area (Å²) in [5.41, 5.74) is 3.29. The number of hydrogen-bond acceptors (Lipinski definition) is 4. The maximum absolute atomic E-state index is 13.3. The Morgan fingerprint density at radius 1 is 1.06 bits per heavy atom. The summed E-state index contributed by atoms with van der Waals surface area (Å²) in [5, 5.41) is 2.59. The van der Waals surface area contributed by atoms with Gasteiger partial charge in [0, 0.05) is 26.6 Å². The van der Waals surface area contributed by atoms with Crippen LogP contribution < -0.4 is 9.62 Å². The second-order valence-corrected chi connectivity index (χ2v) is 10.3. The molecule has 0 aliphatic heterocycles. The van der Waals surface area contributed by atoms with Crippen molar-refractivity contribution in [1.82, 2.24) is 10.2 Å². The van der Waals surface area contributed by atoms with Crippen molar-refractivity contribution in [3.8, 4) is 0 Å². The number of nitrogens with zero attached hydrogens (tertiary/aromatic N) is 2. The van der Waals surface area contributed by atoms with E-state index in [-0.39, 0.29) is 43.6 Å². The molecule has 186 valence electrons. The highest BCUT2D eigenvalue weighted by Crippen LogP contribution is 2.22. The molecule has 9 heteroatoms. The van der Waals surface area contributed by atoms with Gasteiger partial charge in [0.25, 0.3) is 0 Å². The lowest BCUT2D eigenvalue weighted by molar-refractivity contribution is -0.141. The van der Waals surface area contributed by atoms with Crippen LogP contribution in [0.15, 0.2) is 42.5 Å². The lowest BCUT2D eigenvalue weighted by atomic mass is 10.1. The third-order valence-electron chi connectivity index (χ3n) is 5.83. The van der Waals surface area contributed by atoms with E-state index in [1.54, 1.807) is 18.2 Å². The minimum absolute atomic E-state index is 0.0611. The van der Waals surface area contributed by atoms with Gasteiger partial charge >= 0.3 is 0 Å². The summed E-state index contributed by atoms with van der Waals surface area (Å²) in [6.07, 6.45) is 1.89. The van der Waals surface area contributed by atoms with E-state index in [2.05, 4.69) is 5.32 Å². The number of anilines is 1. The zero-order valence-corrected chi connectivity index (χ0v) is 21.3. The van der Waals surface area contributed by atoms with Crippen molar-refractivity contribution in [3.05, 3.63) is 65.0 Å². The van der Waals surface area contributed by atoms with E-state index in [0.717, 1.165) is 17.4 Å². The van der Waals surface area contributed by atoms with Gasteiger partial charge in [-0.2, -0.15) is 0 Å². The lowest BCUT2D eigenvalue weighted by Gasteiger charge is -2.31. The van der Waals surface area contributed by atoms with Crippen LogP contribution >= 0.6 is 0 Å². The summed E-state index contributed by atoms with van der Waals surface area (Å²) in [5.74, 6) is -0.939. The molecule has 0 saturated carbocycles. The van der Waals surface area contributed by atoms with Gasteiger partial charge in [0.2, 0.25) is 21.8 Å². The average Bonchev–Trinajstić information content (AvgIpc) is 2.78. The van der Waals surface area contributed by atoms with Crippen molar-refractivity contribution < 1.29 is 22.4 Å². The molecule has 7 nitrogen and oxygen atoms in total. The highest BCUT2D eigenvalue weighted by molar-refractivity contribution is 7.92. The van der Waals surface area contributed by atoms with Gasteiger partial charge < -0.3 is 10.2 Å². The second kappa shape index (κ2) is 12.0. The summed E-state index contributed by atoms with van der Waals surface area (Å²) in [7, 11) is -2.03. The topological polar surface area (TPSA) is 86.8 Å². The Morgan fingerprint density at radius 2 is 1.71 bits per heavy atom. The van der Waals surface area contributed by atoms with Crippen molar-refractivity contribution in [1.29, 1.82) is 0 Å². The molecule has 0 unspecified atom stereocenters. The van der Waals surface area contributed by atoms with Crippen LogP contribution in [0.1, 0.15) is 42.9 Å². The van der Waals surface area contributed by atoms with Gasteiger partial charge in [-0.05, 0) is 67.6 Å². The Labute approximate surface area is 202 Å². The van der Waals surface area contributed by atoms with Crippen LogP contribution in [0.5, 0.6) is 0 Å². The number of carbonyl (C=O) groups is 2. The second-order valence-electron chi connectivity index (χ2n) is 8.39. The van der Waals surface area contributed by atoms with Crippen LogP contribution in [0.3, 0.4) is 0 Å². The van der Waals surface area contributed by atoms with Crippen LogP contribution in [0.25, 0.3) is 0 Å². The Bertz CT molecular complexity index is 1100. The largest absolute Gasteiger partial charge is 0.357 e. The molecule has 2 rings (SSSR count). The number of hydrogen-bond donors (Lipinski definition) is 1. The van der Waals surface area contributed by atoms with Gasteiger partial charge in [-0.1, -0.05) is 25.1 Å². The molecular formula is C25H34FN3O4S. The van der Waals surface area contributed by atoms with Crippen LogP contribution in [-0.2, 0) is 26.2 Å². The molecule has 1 N–H and O–H groups in total. The standard InChI is InChI=1S/C25H34FN3O4S/c1-6-23(25(31)27-4)28(17-20-10-12-21(26)13-11-20)24(30)8-7-15-29(34(5,32)33)22-14-9-18(2)19(3)16-22/h9-14,16,23H,6-8,15,17H2,1-5H3,(H,27,31)/t23-/m0/s1. The normalized spacial score (nSPS) is 12.2. The molecular weight excluding hydrogens is 457 g/mol. The number of likely N-dealkylation sites (N-methyl/N-ethyl adjacent to an activating group) is 1. The number of sulfonamides is 1. The molecule has 0 saturated heterocycles. The fourth-order valence-electron chi connectivity index (χ4n) is 3.76. The Morgan fingerprint density at radius 3 is 2.24 bits per heavy atom. The molecule has 34 heavy (non-hydrogen) atoms. The van der Waals surface area contributed by atoms with Crippen LogP contribution in [0.2, 0.25) is 0 Å². The molecule has 2 aromatic carbocycles. The van der Waals surface area contributed by atoms with Crippen molar-refractivity contribution in [2.24, 2.45) is 0 Å². The predicted octanol–water partition coefficient (Wildman–Crippen LogP) is 3.54. The number of amides is 2. The van der Waals surface area contributed by atoms with E-state index in [0.29, 0.717) is 17.7 Å². The third kappa shape index (κ3) is 7.28. The van der Waals surface area contributed by atoms with Crippen molar-refractivity contribution in [3.63, 3.8) is 0 Å². The smallest absolute Gasteiger partial charge is 0.242 e. The molecule has 2 aromatic rings. The fourth-order valence-corrected chi connectivity index (χ4v) is 4.71. The maximum Gasteiger partial charge on any atom is 0.242 e. The zero-order valence-electron chi connectivity index (χ0n) is 20.5. The minimum Gasteiger partial charge on any atom is -0.357 e. The molecule has 0 aliphatic rings. The predicted molar refractivity (Wildman–Crippen MR) is 132 cm³/mol. The summed E-state index contributed by atoms with van der Waals surface area (Å²) in [6.45, 7) is 5.97. The zero-order chi connectivity index (χ0) is 25.5. The first-order chi connectivity index (χ1) is 16.0. The highest BCUT2D eigenvalue weighted by atomic mass is 32.2. The molecule has 1 atom stereocenters. The van der Waals surface area contributed by atoms with Crippen LogP contribution in [0.4, 0.5) is 10.1 Å². The Kier molecular flexibility index (Phi) is 9.61. The van der Waals surface area contributed by atoms with Crippen molar-refractivity contribution in [2.75, 3.05) is 24.2 Å². The monoisotopic (exact) mass is 491 g/mol. The van der Waals surface area contributed by atoms with E-state index >= 15 is 0 Å². The molecule has 0 fully saturated rings. The highest BCUT2D eigenvalue weighted by Gasteiger charge is 2.28. The van der Waals surface area contributed by atoms with E-state index < -0.39 is 16.1 Å². The third-order valence-corrected chi connectivity index (χ3v) is 7.02. The first-order valence-electron chi connectivity index (χ1n) is 11.3. The quantitative estimate of drug-likeness (QED) is 0.521. The summed E-state index contributed by atoms with van der Waals surface area (Å²) in [4.78, 5) is 27.1. The molecule has 0 heterocycles. The lowest BCUT2D eigenvalue weighted by Crippen LogP contribution is -2.48. The van der Waals surface area contributed by atoms with Crippen molar-refractivity contribution >= 4 is 27.5 Å². The van der Waals surface area contributed by atoms with Gasteiger partial charge in [-0.15, -0.1) is 0 Å². The van der Waals surface area contributed by atoms with E-state index in [1.165, 1.54) is 28.4 Å². The molecule has 0 spiro atoms. The van der Waals surface area contributed by atoms with Gasteiger partial charge in [0.1, 0.15) is 11.9 Å². The Hall–Kier alpha value is -2.94. The molecule has 2 amide bonds. The van der Waals surface area contributed by atoms with E-state index in [4.69, 9.17) is 0 Å². The number of rotatable bonds is 11. The summed E-state index contributed by atoms with van der Waals surface area (Å²) < 4.78 is 39.5.